The Hall–Kier alpha value is -3.07. The largest absolute Gasteiger partial charge is 0.324 e. The normalized spacial score (nSPS) is 13.8. The Balaban J connectivity index is 0.00000148. The number of carbonyl (C=O) groups is 1. The molecule has 3 nitrogen and oxygen atoms in total. The first-order valence-corrected chi connectivity index (χ1v) is 14.1. The monoisotopic (exact) mass is 504 g/mol. The third kappa shape index (κ3) is 7.47. The summed E-state index contributed by atoms with van der Waals surface area (Å²) in [6.07, 6.45) is 0. The molecule has 0 saturated carbocycles. The van der Waals surface area contributed by atoms with Crippen molar-refractivity contribution in [1.82, 2.24) is 4.90 Å². The number of amides is 2. The Kier molecular flexibility index (Phi) is 15.3. The number of carbonyl (C=O) groups excluding carboxylic acids is 1. The van der Waals surface area contributed by atoms with E-state index in [0.717, 1.165) is 16.8 Å². The van der Waals surface area contributed by atoms with E-state index in [1.165, 1.54) is 16.7 Å². The molecule has 3 heteroatoms. The molecule has 1 heterocycles. The summed E-state index contributed by atoms with van der Waals surface area (Å²) < 4.78 is 0. The van der Waals surface area contributed by atoms with E-state index in [1.54, 1.807) is 4.90 Å². The van der Waals surface area contributed by atoms with Crippen molar-refractivity contribution in [3.05, 3.63) is 101 Å². The van der Waals surface area contributed by atoms with Crippen LogP contribution < -0.4 is 4.90 Å². The molecule has 0 bridgehead atoms. The standard InChI is InChI=1S/C26H28N2O.4C2H6/c1-18-16-21(26(2,3)20-14-10-7-11-15-20)17-22-23(18)27(4)25(29)28(5)24(22)19-12-8-6-9-13-19;4*1-2/h6-17,24H,1-5H3;4*1-2H3. The third-order valence-corrected chi connectivity index (χ3v) is 6.27. The SMILES string of the molecule is CC.CC.CC.CC.Cc1cc(C(C)(C)c2ccccc2)cc2c1N(C)C(=O)N(C)C2c1ccccc1. The number of benzene rings is 3. The van der Waals surface area contributed by atoms with Gasteiger partial charge in [-0.1, -0.05) is 142 Å². The van der Waals surface area contributed by atoms with E-state index >= 15 is 0 Å². The number of anilines is 1. The summed E-state index contributed by atoms with van der Waals surface area (Å²) in [5.74, 6) is 0. The molecule has 4 rings (SSSR count). The smallest absolute Gasteiger partial charge is 0.316 e. The lowest BCUT2D eigenvalue weighted by Crippen LogP contribution is -2.46. The zero-order chi connectivity index (χ0) is 28.8. The first-order valence-electron chi connectivity index (χ1n) is 14.1. The minimum Gasteiger partial charge on any atom is -0.316 e. The third-order valence-electron chi connectivity index (χ3n) is 6.27. The molecule has 3 aromatic carbocycles. The Bertz CT molecular complexity index is 1040. The lowest BCUT2D eigenvalue weighted by Gasteiger charge is -2.41. The average molecular weight is 505 g/mol. The van der Waals surface area contributed by atoms with E-state index in [0.29, 0.717) is 0 Å². The van der Waals surface area contributed by atoms with Gasteiger partial charge in [0.05, 0.1) is 11.7 Å². The van der Waals surface area contributed by atoms with E-state index in [4.69, 9.17) is 0 Å². The highest BCUT2D eigenvalue weighted by Crippen LogP contribution is 2.44. The molecule has 1 unspecified atom stereocenters. The van der Waals surface area contributed by atoms with Gasteiger partial charge < -0.3 is 4.90 Å². The molecule has 0 fully saturated rings. The second kappa shape index (κ2) is 16.6. The first-order chi connectivity index (χ1) is 17.8. The predicted octanol–water partition coefficient (Wildman–Crippen LogP) is 10.0. The maximum absolute atomic E-state index is 13.0. The fourth-order valence-electron chi connectivity index (χ4n) is 4.55. The summed E-state index contributed by atoms with van der Waals surface area (Å²) in [6.45, 7) is 22.6. The maximum atomic E-state index is 13.0. The van der Waals surface area contributed by atoms with Crippen LogP contribution in [0.2, 0.25) is 0 Å². The van der Waals surface area contributed by atoms with Gasteiger partial charge in [-0.2, -0.15) is 0 Å². The highest BCUT2D eigenvalue weighted by molar-refractivity contribution is 5.96. The molecular formula is C34H52N2O. The van der Waals surface area contributed by atoms with Crippen LogP contribution in [0.4, 0.5) is 10.5 Å². The van der Waals surface area contributed by atoms with Crippen molar-refractivity contribution in [3.8, 4) is 0 Å². The Labute approximate surface area is 228 Å². The topological polar surface area (TPSA) is 23.6 Å². The van der Waals surface area contributed by atoms with Crippen molar-refractivity contribution < 1.29 is 4.79 Å². The van der Waals surface area contributed by atoms with Crippen LogP contribution in [-0.2, 0) is 5.41 Å². The second-order valence-corrected chi connectivity index (χ2v) is 8.49. The lowest BCUT2D eigenvalue weighted by atomic mass is 9.76. The van der Waals surface area contributed by atoms with Gasteiger partial charge >= 0.3 is 6.03 Å². The first kappa shape index (κ1) is 33.9. The van der Waals surface area contributed by atoms with Crippen LogP contribution in [-0.4, -0.2) is 25.0 Å². The molecular weight excluding hydrogens is 452 g/mol. The number of aryl methyl sites for hydroxylation is 1. The number of fused-ring (bicyclic) bond motifs is 1. The Morgan fingerprint density at radius 3 is 1.62 bits per heavy atom. The summed E-state index contributed by atoms with van der Waals surface area (Å²) in [5.41, 5.74) is 6.87. The number of hydrogen-bond donors (Lipinski definition) is 0. The highest BCUT2D eigenvalue weighted by atomic mass is 16.2. The summed E-state index contributed by atoms with van der Waals surface area (Å²) in [6, 6.07) is 25.4. The fourth-order valence-corrected chi connectivity index (χ4v) is 4.55. The molecule has 0 N–H and O–H groups in total. The molecule has 1 atom stereocenters. The molecule has 37 heavy (non-hydrogen) atoms. The van der Waals surface area contributed by atoms with Gasteiger partial charge in [-0.05, 0) is 29.2 Å². The van der Waals surface area contributed by atoms with E-state index in [2.05, 4.69) is 75.4 Å². The molecule has 0 spiro atoms. The van der Waals surface area contributed by atoms with E-state index in [9.17, 15) is 4.79 Å². The van der Waals surface area contributed by atoms with Crippen molar-refractivity contribution in [3.63, 3.8) is 0 Å². The van der Waals surface area contributed by atoms with Crippen molar-refractivity contribution in [1.29, 1.82) is 0 Å². The molecule has 3 aromatic rings. The van der Waals surface area contributed by atoms with Crippen LogP contribution in [0.3, 0.4) is 0 Å². The van der Waals surface area contributed by atoms with E-state index < -0.39 is 0 Å². The number of nitrogens with zero attached hydrogens (tertiary/aromatic N) is 2. The van der Waals surface area contributed by atoms with Crippen LogP contribution in [0, 0.1) is 6.92 Å². The summed E-state index contributed by atoms with van der Waals surface area (Å²) in [7, 11) is 3.76. The molecule has 1 aliphatic heterocycles. The minimum atomic E-state index is -0.138. The minimum absolute atomic E-state index is 0.0181. The van der Waals surface area contributed by atoms with Gasteiger partial charge in [0.25, 0.3) is 0 Å². The van der Waals surface area contributed by atoms with Crippen molar-refractivity contribution in [2.24, 2.45) is 0 Å². The molecule has 1 aliphatic rings. The van der Waals surface area contributed by atoms with Crippen molar-refractivity contribution >= 4 is 11.7 Å². The zero-order valence-corrected chi connectivity index (χ0v) is 25.8. The highest BCUT2D eigenvalue weighted by Gasteiger charge is 2.37. The van der Waals surface area contributed by atoms with E-state index in [-0.39, 0.29) is 17.5 Å². The fraction of sp³-hybridized carbons (Fsp3) is 0.441. The van der Waals surface area contributed by atoms with Gasteiger partial charge in [-0.3, -0.25) is 4.90 Å². The average Bonchev–Trinajstić information content (AvgIpc) is 2.97. The van der Waals surface area contributed by atoms with Crippen LogP contribution in [0.5, 0.6) is 0 Å². The van der Waals surface area contributed by atoms with Gasteiger partial charge in [0.15, 0.2) is 0 Å². The lowest BCUT2D eigenvalue weighted by molar-refractivity contribution is 0.202. The molecule has 2 amide bonds. The zero-order valence-electron chi connectivity index (χ0n) is 25.8. The quantitative estimate of drug-likeness (QED) is 0.348. The number of hydrogen-bond acceptors (Lipinski definition) is 1. The molecule has 0 aromatic heterocycles. The van der Waals surface area contributed by atoms with E-state index in [1.807, 2.05) is 92.6 Å². The number of urea groups is 1. The second-order valence-electron chi connectivity index (χ2n) is 8.49. The van der Waals surface area contributed by atoms with Crippen LogP contribution in [0.25, 0.3) is 0 Å². The van der Waals surface area contributed by atoms with Crippen LogP contribution in [0.15, 0.2) is 72.8 Å². The number of rotatable bonds is 3. The van der Waals surface area contributed by atoms with Crippen LogP contribution in [0.1, 0.15) is 103 Å². The van der Waals surface area contributed by atoms with Crippen molar-refractivity contribution in [2.75, 3.05) is 19.0 Å². The van der Waals surface area contributed by atoms with Gasteiger partial charge in [-0.25, -0.2) is 4.79 Å². The van der Waals surface area contributed by atoms with Gasteiger partial charge in [0, 0.05) is 25.1 Å². The molecule has 204 valence electrons. The molecule has 0 aliphatic carbocycles. The summed E-state index contributed by atoms with van der Waals surface area (Å²) in [4.78, 5) is 16.6. The van der Waals surface area contributed by atoms with Crippen LogP contribution >= 0.6 is 0 Å². The Morgan fingerprint density at radius 1 is 0.676 bits per heavy atom. The summed E-state index contributed by atoms with van der Waals surface area (Å²) in [5, 5.41) is 0. The predicted molar refractivity (Wildman–Crippen MR) is 165 cm³/mol. The van der Waals surface area contributed by atoms with Crippen molar-refractivity contribution in [2.45, 2.75) is 87.6 Å². The maximum Gasteiger partial charge on any atom is 0.324 e. The van der Waals surface area contributed by atoms with Gasteiger partial charge in [0.2, 0.25) is 0 Å². The van der Waals surface area contributed by atoms with Gasteiger partial charge in [-0.15, -0.1) is 0 Å². The van der Waals surface area contributed by atoms with Gasteiger partial charge in [0.1, 0.15) is 0 Å². The molecule has 0 saturated heterocycles. The molecule has 0 radical (unpaired) electrons. The summed E-state index contributed by atoms with van der Waals surface area (Å²) >= 11 is 0. The Morgan fingerprint density at radius 2 is 1.14 bits per heavy atom.